The van der Waals surface area contributed by atoms with E-state index < -0.39 is 9.84 Å². The quantitative estimate of drug-likeness (QED) is 0.768. The summed E-state index contributed by atoms with van der Waals surface area (Å²) in [6.45, 7) is 3.78. The maximum Gasteiger partial charge on any atom is 0.221 e. The fourth-order valence-corrected chi connectivity index (χ4v) is 1.81. The van der Waals surface area contributed by atoms with E-state index in [4.69, 9.17) is 5.73 Å². The Hall–Kier alpha value is -1.37. The molecule has 0 saturated heterocycles. The number of sulfone groups is 1. The Morgan fingerprint density at radius 1 is 1.50 bits per heavy atom. The Balaban J connectivity index is 2.59. The molecule has 0 bridgehead atoms. The van der Waals surface area contributed by atoms with Gasteiger partial charge in [0.25, 0.3) is 0 Å². The van der Waals surface area contributed by atoms with Crippen molar-refractivity contribution in [3.8, 4) is 0 Å². The van der Waals surface area contributed by atoms with E-state index >= 15 is 0 Å². The van der Waals surface area contributed by atoms with Crippen LogP contribution < -0.4 is 11.1 Å². The van der Waals surface area contributed by atoms with Gasteiger partial charge in [0.1, 0.15) is 5.82 Å². The van der Waals surface area contributed by atoms with Crippen molar-refractivity contribution in [2.45, 2.75) is 13.8 Å². The minimum atomic E-state index is -2.95. The lowest BCUT2D eigenvalue weighted by molar-refractivity contribution is 0.597. The molecule has 0 saturated carbocycles. The second kappa shape index (κ2) is 5.11. The summed E-state index contributed by atoms with van der Waals surface area (Å²) in [4.78, 5) is 7.80. The Morgan fingerprint density at radius 2 is 2.19 bits per heavy atom. The number of hydrogen-bond donors (Lipinski definition) is 2. The molecule has 0 aliphatic rings. The van der Waals surface area contributed by atoms with E-state index in [9.17, 15) is 8.42 Å². The third kappa shape index (κ3) is 3.65. The molecule has 0 fully saturated rings. The molecule has 6 nitrogen and oxygen atoms in total. The van der Waals surface area contributed by atoms with Crippen molar-refractivity contribution in [3.63, 3.8) is 0 Å². The van der Waals surface area contributed by atoms with E-state index in [0.717, 1.165) is 5.56 Å². The Labute approximate surface area is 95.2 Å². The second-order valence-electron chi connectivity index (χ2n) is 3.42. The Kier molecular flexibility index (Phi) is 4.05. The molecule has 16 heavy (non-hydrogen) atoms. The van der Waals surface area contributed by atoms with Gasteiger partial charge in [-0.2, -0.15) is 4.98 Å². The van der Waals surface area contributed by atoms with Gasteiger partial charge in [-0.25, -0.2) is 13.4 Å². The third-order valence-corrected chi connectivity index (χ3v) is 3.84. The van der Waals surface area contributed by atoms with Crippen LogP contribution in [0.25, 0.3) is 0 Å². The Bertz CT molecular complexity index is 459. The normalized spacial score (nSPS) is 11.4. The first kappa shape index (κ1) is 12.7. The number of anilines is 2. The zero-order chi connectivity index (χ0) is 12.2. The maximum atomic E-state index is 11.2. The molecule has 0 aliphatic heterocycles. The predicted octanol–water partition coefficient (Wildman–Crippen LogP) is 0.214. The average molecular weight is 244 g/mol. The van der Waals surface area contributed by atoms with Crippen LogP contribution in [0.2, 0.25) is 0 Å². The standard InChI is InChI=1S/C9H16N4O2S/c1-3-16(14,15)5-4-11-8-7(2)6-12-9(10)13-8/h6H,3-5H2,1-2H3,(H3,10,11,12,13). The van der Waals surface area contributed by atoms with Crippen LogP contribution in [0.5, 0.6) is 0 Å². The zero-order valence-electron chi connectivity index (χ0n) is 9.40. The van der Waals surface area contributed by atoms with E-state index in [1.807, 2.05) is 6.92 Å². The van der Waals surface area contributed by atoms with Crippen LogP contribution in [0.3, 0.4) is 0 Å². The molecule has 0 atom stereocenters. The van der Waals surface area contributed by atoms with Crippen molar-refractivity contribution in [2.24, 2.45) is 0 Å². The van der Waals surface area contributed by atoms with Gasteiger partial charge in [-0.15, -0.1) is 0 Å². The molecule has 0 aromatic carbocycles. The molecule has 1 heterocycles. The highest BCUT2D eigenvalue weighted by molar-refractivity contribution is 7.91. The average Bonchev–Trinajstić information content (AvgIpc) is 2.23. The molecule has 1 aromatic rings. The predicted molar refractivity (Wildman–Crippen MR) is 64.0 cm³/mol. The summed E-state index contributed by atoms with van der Waals surface area (Å²) in [5, 5.41) is 2.93. The highest BCUT2D eigenvalue weighted by Gasteiger charge is 2.07. The lowest BCUT2D eigenvalue weighted by atomic mass is 10.3. The van der Waals surface area contributed by atoms with E-state index in [1.54, 1.807) is 13.1 Å². The van der Waals surface area contributed by atoms with Crippen molar-refractivity contribution < 1.29 is 8.42 Å². The van der Waals surface area contributed by atoms with Gasteiger partial charge in [0.05, 0.1) is 5.75 Å². The SMILES string of the molecule is CCS(=O)(=O)CCNc1nc(N)ncc1C. The molecule has 0 spiro atoms. The number of nitrogen functional groups attached to an aromatic ring is 1. The first-order valence-corrected chi connectivity index (χ1v) is 6.80. The van der Waals surface area contributed by atoms with Crippen LogP contribution in [-0.2, 0) is 9.84 Å². The van der Waals surface area contributed by atoms with Gasteiger partial charge in [-0.3, -0.25) is 0 Å². The van der Waals surface area contributed by atoms with Crippen LogP contribution in [0.1, 0.15) is 12.5 Å². The number of aryl methyl sites for hydroxylation is 1. The van der Waals surface area contributed by atoms with E-state index in [-0.39, 0.29) is 17.5 Å². The van der Waals surface area contributed by atoms with E-state index in [2.05, 4.69) is 15.3 Å². The van der Waals surface area contributed by atoms with Crippen molar-refractivity contribution >= 4 is 21.6 Å². The molecule has 3 N–H and O–H groups in total. The number of nitrogens with zero attached hydrogens (tertiary/aromatic N) is 2. The zero-order valence-corrected chi connectivity index (χ0v) is 10.2. The van der Waals surface area contributed by atoms with Gasteiger partial charge >= 0.3 is 0 Å². The number of aromatic nitrogens is 2. The second-order valence-corrected chi connectivity index (χ2v) is 5.90. The summed E-state index contributed by atoms with van der Waals surface area (Å²) in [6, 6.07) is 0. The van der Waals surface area contributed by atoms with Crippen molar-refractivity contribution in [3.05, 3.63) is 11.8 Å². The largest absolute Gasteiger partial charge is 0.369 e. The summed E-state index contributed by atoms with van der Waals surface area (Å²) < 4.78 is 22.5. The molecule has 1 rings (SSSR count). The number of rotatable bonds is 5. The summed E-state index contributed by atoms with van der Waals surface area (Å²) in [5.41, 5.74) is 6.27. The molecule has 0 unspecified atom stereocenters. The van der Waals surface area contributed by atoms with Gasteiger partial charge < -0.3 is 11.1 Å². The van der Waals surface area contributed by atoms with Gasteiger partial charge in [0, 0.05) is 24.1 Å². The van der Waals surface area contributed by atoms with Crippen LogP contribution in [0.4, 0.5) is 11.8 Å². The van der Waals surface area contributed by atoms with Crippen LogP contribution in [0, 0.1) is 6.92 Å². The van der Waals surface area contributed by atoms with Crippen molar-refractivity contribution in [1.82, 2.24) is 9.97 Å². The van der Waals surface area contributed by atoms with E-state index in [1.165, 1.54) is 0 Å². The molecular formula is C9H16N4O2S. The van der Waals surface area contributed by atoms with Crippen LogP contribution in [0.15, 0.2) is 6.20 Å². The number of hydrogen-bond acceptors (Lipinski definition) is 6. The summed E-state index contributed by atoms with van der Waals surface area (Å²) in [5.74, 6) is 0.997. The summed E-state index contributed by atoms with van der Waals surface area (Å²) >= 11 is 0. The van der Waals surface area contributed by atoms with E-state index in [0.29, 0.717) is 12.4 Å². The van der Waals surface area contributed by atoms with Gasteiger partial charge in [0.2, 0.25) is 5.95 Å². The molecule has 0 radical (unpaired) electrons. The molecule has 7 heteroatoms. The smallest absolute Gasteiger partial charge is 0.221 e. The first-order valence-electron chi connectivity index (χ1n) is 4.98. The molecule has 0 amide bonds. The van der Waals surface area contributed by atoms with Crippen LogP contribution >= 0.6 is 0 Å². The number of nitrogens with one attached hydrogen (secondary N) is 1. The molecular weight excluding hydrogens is 228 g/mol. The topological polar surface area (TPSA) is 98.0 Å². The van der Waals surface area contributed by atoms with Crippen molar-refractivity contribution in [2.75, 3.05) is 29.1 Å². The van der Waals surface area contributed by atoms with Crippen molar-refractivity contribution in [1.29, 1.82) is 0 Å². The highest BCUT2D eigenvalue weighted by atomic mass is 32.2. The monoisotopic (exact) mass is 244 g/mol. The summed E-state index contributed by atoms with van der Waals surface area (Å²) in [7, 11) is -2.95. The molecule has 1 aromatic heterocycles. The maximum absolute atomic E-state index is 11.2. The molecule has 90 valence electrons. The minimum absolute atomic E-state index is 0.0901. The van der Waals surface area contributed by atoms with Crippen LogP contribution in [-0.4, -0.2) is 36.4 Å². The molecule has 0 aliphatic carbocycles. The Morgan fingerprint density at radius 3 is 2.81 bits per heavy atom. The highest BCUT2D eigenvalue weighted by Crippen LogP contribution is 2.10. The lowest BCUT2D eigenvalue weighted by Gasteiger charge is -2.08. The third-order valence-electron chi connectivity index (χ3n) is 2.14. The van der Waals surface area contributed by atoms with Gasteiger partial charge in [-0.05, 0) is 6.92 Å². The number of nitrogens with two attached hydrogens (primary N) is 1. The lowest BCUT2D eigenvalue weighted by Crippen LogP contribution is -2.18. The fourth-order valence-electron chi connectivity index (χ4n) is 1.10. The fraction of sp³-hybridized carbons (Fsp3) is 0.556. The minimum Gasteiger partial charge on any atom is -0.369 e. The van der Waals surface area contributed by atoms with Gasteiger partial charge in [0.15, 0.2) is 9.84 Å². The summed E-state index contributed by atoms with van der Waals surface area (Å²) in [6.07, 6.45) is 1.60. The van der Waals surface area contributed by atoms with Gasteiger partial charge in [-0.1, -0.05) is 6.92 Å². The first-order chi connectivity index (χ1) is 7.44.